The molecule has 1 aliphatic rings. The Morgan fingerprint density at radius 1 is 1.44 bits per heavy atom. The van der Waals surface area contributed by atoms with Gasteiger partial charge < -0.3 is 5.73 Å². The average Bonchev–Trinajstić information content (AvgIpc) is 2.30. The standard InChI is InChI=1S/C12H14ClN2O/c13-12(11(14)16)6-7-15-10(8-12)9-4-2-1-3-5-9/h1-5,10H,6-8H2,(H2,14,16). The van der Waals surface area contributed by atoms with E-state index < -0.39 is 10.8 Å². The second kappa shape index (κ2) is 4.44. The Balaban J connectivity index is 2.17. The van der Waals surface area contributed by atoms with Gasteiger partial charge in [-0.2, -0.15) is 0 Å². The van der Waals surface area contributed by atoms with E-state index in [4.69, 9.17) is 17.3 Å². The smallest absolute Gasteiger partial charge is 0.238 e. The van der Waals surface area contributed by atoms with Gasteiger partial charge in [0.2, 0.25) is 5.91 Å². The van der Waals surface area contributed by atoms with E-state index in [0.717, 1.165) is 5.56 Å². The number of piperidine rings is 1. The fraction of sp³-hybridized carbons (Fsp3) is 0.417. The molecule has 3 nitrogen and oxygen atoms in total. The van der Waals surface area contributed by atoms with Crippen LogP contribution in [0.15, 0.2) is 30.3 Å². The highest BCUT2D eigenvalue weighted by atomic mass is 35.5. The average molecular weight is 238 g/mol. The maximum atomic E-state index is 11.3. The molecule has 0 aliphatic carbocycles. The van der Waals surface area contributed by atoms with Crippen molar-refractivity contribution in [3.8, 4) is 0 Å². The van der Waals surface area contributed by atoms with E-state index in [9.17, 15) is 4.79 Å². The normalized spacial score (nSPS) is 29.9. The molecule has 1 saturated heterocycles. The van der Waals surface area contributed by atoms with Crippen molar-refractivity contribution in [1.82, 2.24) is 5.32 Å². The fourth-order valence-corrected chi connectivity index (χ4v) is 2.22. The number of halogens is 1. The molecule has 1 aromatic rings. The quantitative estimate of drug-likeness (QED) is 0.781. The summed E-state index contributed by atoms with van der Waals surface area (Å²) in [5.41, 5.74) is 6.42. The van der Waals surface area contributed by atoms with Crippen molar-refractivity contribution in [1.29, 1.82) is 0 Å². The highest BCUT2D eigenvalue weighted by molar-refractivity contribution is 6.34. The van der Waals surface area contributed by atoms with Crippen molar-refractivity contribution in [2.45, 2.75) is 23.8 Å². The maximum Gasteiger partial charge on any atom is 0.238 e. The minimum absolute atomic E-state index is 0.0139. The predicted molar refractivity (Wildman–Crippen MR) is 63.2 cm³/mol. The van der Waals surface area contributed by atoms with E-state index in [1.165, 1.54) is 0 Å². The lowest BCUT2D eigenvalue weighted by molar-refractivity contribution is -0.121. The molecule has 0 saturated carbocycles. The van der Waals surface area contributed by atoms with Crippen LogP contribution >= 0.6 is 11.6 Å². The molecule has 1 fully saturated rings. The lowest BCUT2D eigenvalue weighted by Crippen LogP contribution is -2.46. The van der Waals surface area contributed by atoms with Gasteiger partial charge in [0, 0.05) is 6.54 Å². The van der Waals surface area contributed by atoms with Crippen molar-refractivity contribution >= 4 is 17.5 Å². The Morgan fingerprint density at radius 2 is 2.12 bits per heavy atom. The number of amides is 1. The Hall–Kier alpha value is -1.06. The van der Waals surface area contributed by atoms with E-state index >= 15 is 0 Å². The summed E-state index contributed by atoms with van der Waals surface area (Å²) in [5, 5.41) is 4.49. The molecule has 2 rings (SSSR count). The largest absolute Gasteiger partial charge is 0.368 e. The number of rotatable bonds is 2. The molecule has 0 bridgehead atoms. The van der Waals surface area contributed by atoms with Crippen LogP contribution < -0.4 is 11.1 Å². The number of alkyl halides is 1. The second-order valence-electron chi connectivity index (χ2n) is 4.12. The molecule has 1 aliphatic heterocycles. The molecule has 1 radical (unpaired) electrons. The van der Waals surface area contributed by atoms with E-state index in [1.54, 1.807) is 0 Å². The van der Waals surface area contributed by atoms with Crippen LogP contribution in [0.1, 0.15) is 24.4 Å². The highest BCUT2D eigenvalue weighted by Crippen LogP contribution is 2.35. The van der Waals surface area contributed by atoms with Gasteiger partial charge in [-0.3, -0.25) is 4.79 Å². The lowest BCUT2D eigenvalue weighted by atomic mass is 9.87. The SMILES string of the molecule is NC(=O)C1(Cl)CC[N]C(c2ccccc2)C1. The second-order valence-corrected chi connectivity index (χ2v) is 4.84. The van der Waals surface area contributed by atoms with Crippen molar-refractivity contribution in [3.05, 3.63) is 35.9 Å². The number of carbonyl (C=O) groups excluding carboxylic acids is 1. The van der Waals surface area contributed by atoms with Crippen LogP contribution in [0, 0.1) is 0 Å². The molecular weight excluding hydrogens is 224 g/mol. The first-order valence-electron chi connectivity index (χ1n) is 5.32. The molecule has 1 amide bonds. The predicted octanol–water partition coefficient (Wildman–Crippen LogP) is 1.59. The van der Waals surface area contributed by atoms with E-state index in [-0.39, 0.29) is 6.04 Å². The van der Waals surface area contributed by atoms with Crippen LogP contribution in [0.4, 0.5) is 0 Å². The van der Waals surface area contributed by atoms with Crippen molar-refractivity contribution in [2.75, 3.05) is 6.54 Å². The lowest BCUT2D eigenvalue weighted by Gasteiger charge is -2.33. The monoisotopic (exact) mass is 237 g/mol. The third-order valence-electron chi connectivity index (χ3n) is 3.00. The summed E-state index contributed by atoms with van der Waals surface area (Å²) in [6.45, 7) is 0.589. The van der Waals surface area contributed by atoms with Gasteiger partial charge in [-0.05, 0) is 18.4 Å². The molecule has 16 heavy (non-hydrogen) atoms. The Bertz CT molecular complexity index is 382. The summed E-state index contributed by atoms with van der Waals surface area (Å²) in [6, 6.07) is 9.85. The summed E-state index contributed by atoms with van der Waals surface area (Å²) >= 11 is 6.22. The van der Waals surface area contributed by atoms with Gasteiger partial charge in [0.25, 0.3) is 0 Å². The third kappa shape index (κ3) is 2.20. The maximum absolute atomic E-state index is 11.3. The van der Waals surface area contributed by atoms with Crippen LogP contribution in [0.5, 0.6) is 0 Å². The number of carbonyl (C=O) groups is 1. The molecule has 2 N–H and O–H groups in total. The van der Waals surface area contributed by atoms with Gasteiger partial charge in [0.05, 0.1) is 6.04 Å². The van der Waals surface area contributed by atoms with E-state index in [2.05, 4.69) is 5.32 Å². The van der Waals surface area contributed by atoms with Crippen LogP contribution in [0.2, 0.25) is 0 Å². The Labute approximate surface area is 100.0 Å². The molecule has 2 unspecified atom stereocenters. The summed E-state index contributed by atoms with van der Waals surface area (Å²) in [5.74, 6) is -0.440. The molecule has 4 heteroatoms. The van der Waals surface area contributed by atoms with E-state index in [1.807, 2.05) is 30.3 Å². The summed E-state index contributed by atoms with van der Waals surface area (Å²) in [4.78, 5) is 10.4. The molecule has 0 spiro atoms. The van der Waals surface area contributed by atoms with Gasteiger partial charge in [-0.25, -0.2) is 5.32 Å². The van der Waals surface area contributed by atoms with Crippen LogP contribution in [0.3, 0.4) is 0 Å². The Kier molecular flexibility index (Phi) is 3.17. The van der Waals surface area contributed by atoms with Crippen LogP contribution in [-0.2, 0) is 4.79 Å². The summed E-state index contributed by atoms with van der Waals surface area (Å²) < 4.78 is 0. The molecule has 1 aromatic carbocycles. The zero-order valence-electron chi connectivity index (χ0n) is 8.90. The number of primary amides is 1. The van der Waals surface area contributed by atoms with Gasteiger partial charge in [-0.15, -0.1) is 11.6 Å². The fourth-order valence-electron chi connectivity index (χ4n) is 1.99. The highest BCUT2D eigenvalue weighted by Gasteiger charge is 2.40. The molecule has 0 aromatic heterocycles. The number of hydrogen-bond acceptors (Lipinski definition) is 1. The zero-order chi connectivity index (χ0) is 11.6. The van der Waals surface area contributed by atoms with Crippen molar-refractivity contribution in [3.63, 3.8) is 0 Å². The third-order valence-corrected chi connectivity index (χ3v) is 3.53. The van der Waals surface area contributed by atoms with Gasteiger partial charge >= 0.3 is 0 Å². The molecular formula is C12H14ClN2O. The molecule has 2 atom stereocenters. The van der Waals surface area contributed by atoms with Gasteiger partial charge in [0.15, 0.2) is 0 Å². The van der Waals surface area contributed by atoms with E-state index in [0.29, 0.717) is 19.4 Å². The number of nitrogens with zero attached hydrogens (tertiary/aromatic N) is 1. The van der Waals surface area contributed by atoms with Crippen molar-refractivity contribution in [2.24, 2.45) is 5.73 Å². The topological polar surface area (TPSA) is 57.2 Å². The van der Waals surface area contributed by atoms with Crippen molar-refractivity contribution < 1.29 is 4.79 Å². The van der Waals surface area contributed by atoms with Crippen LogP contribution in [0.25, 0.3) is 0 Å². The number of hydrogen-bond donors (Lipinski definition) is 1. The molecule has 1 heterocycles. The number of benzene rings is 1. The van der Waals surface area contributed by atoms with Crippen LogP contribution in [-0.4, -0.2) is 17.3 Å². The zero-order valence-corrected chi connectivity index (χ0v) is 9.65. The Morgan fingerprint density at radius 3 is 2.75 bits per heavy atom. The first-order chi connectivity index (χ1) is 7.62. The first kappa shape index (κ1) is 11.4. The minimum Gasteiger partial charge on any atom is -0.368 e. The van der Waals surface area contributed by atoms with Gasteiger partial charge in [-0.1, -0.05) is 30.3 Å². The summed E-state index contributed by atoms with van der Waals surface area (Å²) in [7, 11) is 0. The molecule has 85 valence electrons. The number of nitrogens with two attached hydrogens (primary N) is 1. The first-order valence-corrected chi connectivity index (χ1v) is 5.70. The minimum atomic E-state index is -0.928. The van der Waals surface area contributed by atoms with Gasteiger partial charge in [0.1, 0.15) is 4.87 Å². The summed E-state index contributed by atoms with van der Waals surface area (Å²) in [6.07, 6.45) is 1.03.